The summed E-state index contributed by atoms with van der Waals surface area (Å²) in [4.78, 5) is 12.8. The predicted molar refractivity (Wildman–Crippen MR) is 87.2 cm³/mol. The standard InChI is InChI=1S/C17H22Cl2O2/c1-3-21-17(8-4-5-12(2)11-17)16(20)10-13-6-7-14(18)15(19)9-13/h6-7,9,12H,3-5,8,10-11H2,1-2H3. The number of carbonyl (C=O) groups excluding carboxylic acids is 1. The average molecular weight is 329 g/mol. The van der Waals surface area contributed by atoms with Crippen LogP contribution in [0.3, 0.4) is 0 Å². The lowest BCUT2D eigenvalue weighted by Gasteiger charge is -2.38. The van der Waals surface area contributed by atoms with Gasteiger partial charge in [0.2, 0.25) is 0 Å². The molecule has 0 N–H and O–H groups in total. The number of ketones is 1. The summed E-state index contributed by atoms with van der Waals surface area (Å²) in [6, 6.07) is 5.37. The number of hydrogen-bond acceptors (Lipinski definition) is 2. The Morgan fingerprint density at radius 2 is 2.14 bits per heavy atom. The van der Waals surface area contributed by atoms with Crippen LogP contribution in [0.4, 0.5) is 0 Å². The summed E-state index contributed by atoms with van der Waals surface area (Å²) in [6.07, 6.45) is 4.22. The Morgan fingerprint density at radius 3 is 2.76 bits per heavy atom. The summed E-state index contributed by atoms with van der Waals surface area (Å²) >= 11 is 11.9. The van der Waals surface area contributed by atoms with Gasteiger partial charge in [0, 0.05) is 13.0 Å². The molecular weight excluding hydrogens is 307 g/mol. The van der Waals surface area contributed by atoms with Crippen molar-refractivity contribution in [2.45, 2.75) is 51.6 Å². The van der Waals surface area contributed by atoms with Crippen LogP contribution in [0.5, 0.6) is 0 Å². The molecule has 1 saturated carbocycles. The Bertz CT molecular complexity index is 512. The normalized spacial score (nSPS) is 25.8. The SMILES string of the molecule is CCOC1(C(=O)Cc2ccc(Cl)c(Cl)c2)CCCC(C)C1. The highest BCUT2D eigenvalue weighted by Crippen LogP contribution is 2.37. The number of rotatable bonds is 5. The maximum absolute atomic E-state index is 12.8. The van der Waals surface area contributed by atoms with E-state index in [0.29, 0.717) is 29.0 Å². The summed E-state index contributed by atoms with van der Waals surface area (Å²) in [5, 5.41) is 1.00. The van der Waals surface area contributed by atoms with Crippen LogP contribution in [0.15, 0.2) is 18.2 Å². The van der Waals surface area contributed by atoms with Gasteiger partial charge in [0.15, 0.2) is 5.78 Å². The summed E-state index contributed by atoms with van der Waals surface area (Å²) in [5.74, 6) is 0.692. The zero-order valence-corrected chi connectivity index (χ0v) is 14.1. The van der Waals surface area contributed by atoms with Crippen LogP contribution in [0.25, 0.3) is 0 Å². The second-order valence-electron chi connectivity index (χ2n) is 5.98. The van der Waals surface area contributed by atoms with Gasteiger partial charge in [0.05, 0.1) is 10.0 Å². The molecule has 1 fully saturated rings. The van der Waals surface area contributed by atoms with Gasteiger partial charge in [-0.15, -0.1) is 0 Å². The fourth-order valence-corrected chi connectivity index (χ4v) is 3.56. The Morgan fingerprint density at radius 1 is 1.38 bits per heavy atom. The van der Waals surface area contributed by atoms with Crippen LogP contribution in [0, 0.1) is 5.92 Å². The van der Waals surface area contributed by atoms with Gasteiger partial charge in [-0.05, 0) is 49.8 Å². The van der Waals surface area contributed by atoms with Crippen LogP contribution in [-0.4, -0.2) is 18.0 Å². The first kappa shape index (κ1) is 16.8. The zero-order valence-electron chi connectivity index (χ0n) is 12.6. The summed E-state index contributed by atoms with van der Waals surface area (Å²) in [5.41, 5.74) is 0.283. The molecule has 0 saturated heterocycles. The van der Waals surface area contributed by atoms with Crippen molar-refractivity contribution in [3.63, 3.8) is 0 Å². The molecule has 0 radical (unpaired) electrons. The summed E-state index contributed by atoms with van der Waals surface area (Å²) in [6.45, 7) is 4.71. The quantitative estimate of drug-likeness (QED) is 0.752. The van der Waals surface area contributed by atoms with Crippen LogP contribution >= 0.6 is 23.2 Å². The lowest BCUT2D eigenvalue weighted by atomic mass is 9.75. The van der Waals surface area contributed by atoms with Crippen molar-refractivity contribution in [3.8, 4) is 0 Å². The van der Waals surface area contributed by atoms with Crippen LogP contribution in [0.2, 0.25) is 10.0 Å². The fraction of sp³-hybridized carbons (Fsp3) is 0.588. The highest BCUT2D eigenvalue weighted by Gasteiger charge is 2.41. The van der Waals surface area contributed by atoms with Crippen LogP contribution in [0.1, 0.15) is 45.1 Å². The monoisotopic (exact) mass is 328 g/mol. The van der Waals surface area contributed by atoms with Gasteiger partial charge >= 0.3 is 0 Å². The van der Waals surface area contributed by atoms with Crippen molar-refractivity contribution in [1.29, 1.82) is 0 Å². The highest BCUT2D eigenvalue weighted by molar-refractivity contribution is 6.42. The van der Waals surface area contributed by atoms with E-state index < -0.39 is 5.60 Å². The lowest BCUT2D eigenvalue weighted by molar-refractivity contribution is -0.150. The minimum absolute atomic E-state index is 0.161. The third-order valence-electron chi connectivity index (χ3n) is 4.23. The molecule has 2 nitrogen and oxygen atoms in total. The number of carbonyl (C=O) groups is 1. The summed E-state index contributed by atoms with van der Waals surface area (Å²) < 4.78 is 5.92. The number of hydrogen-bond donors (Lipinski definition) is 0. The molecule has 0 heterocycles. The van der Waals surface area contributed by atoms with Crippen molar-refractivity contribution in [2.75, 3.05) is 6.61 Å². The van der Waals surface area contributed by atoms with E-state index in [-0.39, 0.29) is 5.78 Å². The summed E-state index contributed by atoms with van der Waals surface area (Å²) in [7, 11) is 0. The van der Waals surface area contributed by atoms with Gasteiger partial charge in [-0.3, -0.25) is 4.79 Å². The molecular formula is C17H22Cl2O2. The van der Waals surface area contributed by atoms with E-state index in [1.807, 2.05) is 13.0 Å². The minimum Gasteiger partial charge on any atom is -0.367 e. The molecule has 0 amide bonds. The van der Waals surface area contributed by atoms with Gasteiger partial charge in [0.1, 0.15) is 5.60 Å². The van der Waals surface area contributed by atoms with Crippen LogP contribution in [-0.2, 0) is 16.0 Å². The highest BCUT2D eigenvalue weighted by atomic mass is 35.5. The molecule has 4 heteroatoms. The van der Waals surface area contributed by atoms with Gasteiger partial charge in [-0.2, -0.15) is 0 Å². The Balaban J connectivity index is 2.16. The molecule has 1 aliphatic rings. The Labute approximate surface area is 136 Å². The van der Waals surface area contributed by atoms with E-state index in [0.717, 1.165) is 24.8 Å². The van der Waals surface area contributed by atoms with Crippen LogP contribution < -0.4 is 0 Å². The van der Waals surface area contributed by atoms with E-state index in [4.69, 9.17) is 27.9 Å². The third kappa shape index (κ3) is 4.00. The number of halogens is 2. The third-order valence-corrected chi connectivity index (χ3v) is 4.97. The van der Waals surface area contributed by atoms with Crippen molar-refractivity contribution in [2.24, 2.45) is 5.92 Å². The molecule has 1 aromatic carbocycles. The van der Waals surface area contributed by atoms with Gasteiger partial charge in [-0.1, -0.05) is 42.6 Å². The van der Waals surface area contributed by atoms with Gasteiger partial charge in [-0.25, -0.2) is 0 Å². The van der Waals surface area contributed by atoms with Crippen molar-refractivity contribution in [3.05, 3.63) is 33.8 Å². The largest absolute Gasteiger partial charge is 0.367 e. The van der Waals surface area contributed by atoms with Gasteiger partial charge < -0.3 is 4.74 Å². The molecule has 2 atom stereocenters. The van der Waals surface area contributed by atoms with Crippen molar-refractivity contribution >= 4 is 29.0 Å². The molecule has 1 aliphatic carbocycles. The zero-order chi connectivity index (χ0) is 15.5. The smallest absolute Gasteiger partial charge is 0.168 e. The molecule has 1 aromatic rings. The first-order valence-corrected chi connectivity index (χ1v) is 8.33. The van der Waals surface area contributed by atoms with Gasteiger partial charge in [0.25, 0.3) is 0 Å². The van der Waals surface area contributed by atoms with E-state index in [9.17, 15) is 4.79 Å². The average Bonchev–Trinajstić information content (AvgIpc) is 2.43. The first-order chi connectivity index (χ1) is 9.97. The fourth-order valence-electron chi connectivity index (χ4n) is 3.24. The molecule has 0 aromatic heterocycles. The maximum atomic E-state index is 12.8. The molecule has 21 heavy (non-hydrogen) atoms. The second kappa shape index (κ2) is 7.13. The number of benzene rings is 1. The lowest BCUT2D eigenvalue weighted by Crippen LogP contribution is -2.46. The van der Waals surface area contributed by atoms with E-state index in [1.54, 1.807) is 12.1 Å². The topological polar surface area (TPSA) is 26.3 Å². The predicted octanol–water partition coefficient (Wildman–Crippen LogP) is 5.09. The Hall–Kier alpha value is -0.570. The minimum atomic E-state index is -0.613. The molecule has 0 spiro atoms. The molecule has 0 bridgehead atoms. The Kier molecular flexibility index (Phi) is 5.70. The van der Waals surface area contributed by atoms with E-state index in [1.165, 1.54) is 6.42 Å². The number of ether oxygens (including phenoxy) is 1. The maximum Gasteiger partial charge on any atom is 0.168 e. The van der Waals surface area contributed by atoms with Crippen molar-refractivity contribution in [1.82, 2.24) is 0 Å². The molecule has 0 aliphatic heterocycles. The second-order valence-corrected chi connectivity index (χ2v) is 6.79. The molecule has 2 unspecified atom stereocenters. The van der Waals surface area contributed by atoms with E-state index in [2.05, 4.69) is 6.92 Å². The molecule has 116 valence electrons. The first-order valence-electron chi connectivity index (χ1n) is 7.58. The molecule has 2 rings (SSSR count). The van der Waals surface area contributed by atoms with Crippen molar-refractivity contribution < 1.29 is 9.53 Å². The van der Waals surface area contributed by atoms with E-state index >= 15 is 0 Å². The number of Topliss-reactive ketones (excluding diaryl/α,β-unsaturated/α-hetero) is 1.